The predicted octanol–water partition coefficient (Wildman–Crippen LogP) is 7.61. The Balaban J connectivity index is 1.35. The van der Waals surface area contributed by atoms with Gasteiger partial charge in [-0.3, -0.25) is 14.4 Å². The van der Waals surface area contributed by atoms with Gasteiger partial charge in [0.15, 0.2) is 5.69 Å². The van der Waals surface area contributed by atoms with Crippen molar-refractivity contribution in [2.24, 2.45) is 0 Å². The molecule has 10 heteroatoms. The van der Waals surface area contributed by atoms with Gasteiger partial charge < -0.3 is 25.0 Å². The Labute approximate surface area is 317 Å². The number of nitrogens with one attached hydrogen (secondary N) is 1. The molecular formula is C44H49N5O5. The highest BCUT2D eigenvalue weighted by atomic mass is 16.5. The molecule has 10 nitrogen and oxygen atoms in total. The Morgan fingerprint density at radius 3 is 2.26 bits per heavy atom. The minimum absolute atomic E-state index is 0.140. The number of aliphatic hydroxyl groups is 1. The van der Waals surface area contributed by atoms with Gasteiger partial charge in [0, 0.05) is 42.1 Å². The van der Waals surface area contributed by atoms with Gasteiger partial charge in [-0.25, -0.2) is 4.68 Å². The lowest BCUT2D eigenvalue weighted by atomic mass is 9.93. The van der Waals surface area contributed by atoms with Crippen LogP contribution >= 0.6 is 0 Å². The first-order chi connectivity index (χ1) is 26.3. The van der Waals surface area contributed by atoms with Gasteiger partial charge in [-0.05, 0) is 79.8 Å². The number of anilines is 1. The van der Waals surface area contributed by atoms with Crippen molar-refractivity contribution in [3.63, 3.8) is 0 Å². The summed E-state index contributed by atoms with van der Waals surface area (Å²) in [5, 5.41) is 18.3. The topological polar surface area (TPSA) is 117 Å². The maximum atomic E-state index is 14.7. The van der Waals surface area contributed by atoms with E-state index in [9.17, 15) is 19.5 Å². The minimum Gasteiger partial charge on any atom is -0.489 e. The molecule has 0 radical (unpaired) electrons. The van der Waals surface area contributed by atoms with Crippen molar-refractivity contribution in [2.75, 3.05) is 25.0 Å². The van der Waals surface area contributed by atoms with Gasteiger partial charge in [0.2, 0.25) is 0 Å². The summed E-state index contributed by atoms with van der Waals surface area (Å²) in [7, 11) is 0. The molecule has 0 spiro atoms. The summed E-state index contributed by atoms with van der Waals surface area (Å²) < 4.78 is 7.59. The van der Waals surface area contributed by atoms with E-state index in [2.05, 4.69) is 19.2 Å². The summed E-state index contributed by atoms with van der Waals surface area (Å²) in [6.07, 6.45) is 4.25. The molecule has 1 aliphatic rings. The van der Waals surface area contributed by atoms with E-state index in [-0.39, 0.29) is 36.5 Å². The number of nitrogens with zero attached hydrogens (tertiary/aromatic N) is 4. The van der Waals surface area contributed by atoms with Crippen LogP contribution in [0.4, 0.5) is 5.69 Å². The summed E-state index contributed by atoms with van der Waals surface area (Å²) >= 11 is 0. The standard InChI is InChI=1S/C44H49N5O5/c1-4-6-23-47(24-7-5-2)44(53)40-25-31(3)49(46-40)41-22-21-35(27-39(41)43(52)48-28-33-16-12-11-15-32(33)26-36(48)29-50)45-42(51)38-20-14-13-17-34(38)30-54-37-18-9-8-10-19-37/h8-22,25,27,36,50H,4-7,23-24,26,28-30H2,1-3H3,(H,45,51). The molecule has 54 heavy (non-hydrogen) atoms. The third kappa shape index (κ3) is 8.72. The first kappa shape index (κ1) is 38.0. The maximum Gasteiger partial charge on any atom is 0.274 e. The van der Waals surface area contributed by atoms with Gasteiger partial charge in [0.25, 0.3) is 17.7 Å². The average Bonchev–Trinajstić information content (AvgIpc) is 3.60. The molecule has 6 rings (SSSR count). The highest BCUT2D eigenvalue weighted by Crippen LogP contribution is 2.29. The third-order valence-corrected chi connectivity index (χ3v) is 9.90. The summed E-state index contributed by atoms with van der Waals surface area (Å²) in [6, 6.07) is 31.1. The van der Waals surface area contributed by atoms with Crippen molar-refractivity contribution in [1.82, 2.24) is 19.6 Å². The molecule has 0 aliphatic carbocycles. The molecule has 0 saturated carbocycles. The Morgan fingerprint density at radius 2 is 1.54 bits per heavy atom. The van der Waals surface area contributed by atoms with Crippen molar-refractivity contribution < 1.29 is 24.2 Å². The highest BCUT2D eigenvalue weighted by Gasteiger charge is 2.32. The second-order valence-electron chi connectivity index (χ2n) is 13.8. The SMILES string of the molecule is CCCCN(CCCC)C(=O)c1cc(C)n(-c2ccc(NC(=O)c3ccccc3COc3ccccc3)cc2C(=O)N2Cc3ccccc3CC2CO)n1. The maximum absolute atomic E-state index is 14.7. The highest BCUT2D eigenvalue weighted by molar-refractivity contribution is 6.06. The van der Waals surface area contributed by atoms with Gasteiger partial charge in [0.1, 0.15) is 12.4 Å². The third-order valence-electron chi connectivity index (χ3n) is 9.90. The fraction of sp³-hybridized carbons (Fsp3) is 0.318. The van der Waals surface area contributed by atoms with Gasteiger partial charge in [-0.15, -0.1) is 0 Å². The van der Waals surface area contributed by atoms with Crippen LogP contribution in [0.3, 0.4) is 0 Å². The van der Waals surface area contributed by atoms with Gasteiger partial charge in [0.05, 0.1) is 23.9 Å². The number of aryl methyl sites for hydroxylation is 1. The molecule has 3 amide bonds. The quantitative estimate of drug-likeness (QED) is 0.115. The van der Waals surface area contributed by atoms with Crippen LogP contribution in [0.15, 0.2) is 103 Å². The van der Waals surface area contributed by atoms with Crippen LogP contribution in [0, 0.1) is 6.92 Å². The number of hydrogen-bond donors (Lipinski definition) is 2. The monoisotopic (exact) mass is 727 g/mol. The summed E-state index contributed by atoms with van der Waals surface area (Å²) in [5.41, 5.74) is 5.42. The molecule has 1 aliphatic heterocycles. The molecule has 0 fully saturated rings. The van der Waals surface area contributed by atoms with Crippen LogP contribution in [0.5, 0.6) is 5.75 Å². The number of para-hydroxylation sites is 1. The van der Waals surface area contributed by atoms with Crippen molar-refractivity contribution in [1.29, 1.82) is 0 Å². The van der Waals surface area contributed by atoms with Crippen LogP contribution in [0.25, 0.3) is 5.69 Å². The smallest absolute Gasteiger partial charge is 0.274 e. The van der Waals surface area contributed by atoms with E-state index in [1.807, 2.05) is 78.6 Å². The lowest BCUT2D eigenvalue weighted by Gasteiger charge is -2.36. The first-order valence-electron chi connectivity index (χ1n) is 18.9. The van der Waals surface area contributed by atoms with Crippen LogP contribution in [-0.2, 0) is 19.6 Å². The largest absolute Gasteiger partial charge is 0.489 e. The van der Waals surface area contributed by atoms with Crippen molar-refractivity contribution in [3.05, 3.63) is 142 Å². The molecule has 280 valence electrons. The molecule has 1 unspecified atom stereocenters. The van der Waals surface area contributed by atoms with Crippen LogP contribution in [0.2, 0.25) is 0 Å². The number of rotatable bonds is 15. The zero-order chi connectivity index (χ0) is 38.0. The Hall–Kier alpha value is -5.74. The van der Waals surface area contributed by atoms with E-state index in [1.54, 1.807) is 46.0 Å². The van der Waals surface area contributed by atoms with E-state index in [0.717, 1.165) is 36.8 Å². The lowest BCUT2D eigenvalue weighted by Crippen LogP contribution is -2.46. The van der Waals surface area contributed by atoms with Crippen molar-refractivity contribution in [3.8, 4) is 11.4 Å². The zero-order valence-corrected chi connectivity index (χ0v) is 31.3. The fourth-order valence-electron chi connectivity index (χ4n) is 6.85. The average molecular weight is 728 g/mol. The van der Waals surface area contributed by atoms with E-state index < -0.39 is 6.04 Å². The number of fused-ring (bicyclic) bond motifs is 1. The number of aromatic nitrogens is 2. The Kier molecular flexibility index (Phi) is 12.6. The van der Waals surface area contributed by atoms with E-state index in [4.69, 9.17) is 9.84 Å². The number of ether oxygens (including phenoxy) is 1. The van der Waals surface area contributed by atoms with E-state index in [0.29, 0.717) is 65.7 Å². The normalized spacial score (nSPS) is 13.6. The number of aliphatic hydroxyl groups excluding tert-OH is 1. The van der Waals surface area contributed by atoms with E-state index in [1.165, 1.54) is 0 Å². The van der Waals surface area contributed by atoms with Crippen LogP contribution < -0.4 is 10.1 Å². The van der Waals surface area contributed by atoms with Gasteiger partial charge in [-0.2, -0.15) is 5.10 Å². The number of benzene rings is 4. The molecule has 1 aromatic heterocycles. The second-order valence-corrected chi connectivity index (χ2v) is 13.8. The van der Waals surface area contributed by atoms with Crippen molar-refractivity contribution >= 4 is 23.4 Å². The molecule has 0 bridgehead atoms. The molecule has 2 heterocycles. The van der Waals surface area contributed by atoms with Gasteiger partial charge >= 0.3 is 0 Å². The number of carbonyl (C=O) groups excluding carboxylic acids is 3. The van der Waals surface area contributed by atoms with E-state index >= 15 is 0 Å². The summed E-state index contributed by atoms with van der Waals surface area (Å²) in [5.74, 6) is -0.114. The molecule has 5 aromatic rings. The minimum atomic E-state index is -0.448. The Bertz CT molecular complexity index is 2070. The number of hydrogen-bond acceptors (Lipinski definition) is 6. The summed E-state index contributed by atoms with van der Waals surface area (Å²) in [6.45, 7) is 7.68. The number of amides is 3. The molecule has 4 aromatic carbocycles. The lowest BCUT2D eigenvalue weighted by molar-refractivity contribution is 0.0544. The second kappa shape index (κ2) is 17.9. The van der Waals surface area contributed by atoms with Crippen LogP contribution in [0.1, 0.15) is 93.1 Å². The molecule has 2 N–H and O–H groups in total. The Morgan fingerprint density at radius 1 is 0.852 bits per heavy atom. The number of carbonyl (C=O) groups is 3. The zero-order valence-electron chi connectivity index (χ0n) is 31.3. The fourth-order valence-corrected chi connectivity index (χ4v) is 6.85. The van der Waals surface area contributed by atoms with Crippen LogP contribution in [-0.4, -0.2) is 68.1 Å². The van der Waals surface area contributed by atoms with Gasteiger partial charge in [-0.1, -0.05) is 87.4 Å². The molecular weight excluding hydrogens is 679 g/mol. The summed E-state index contributed by atoms with van der Waals surface area (Å²) in [4.78, 5) is 45.9. The number of unbranched alkanes of at least 4 members (excludes halogenated alkanes) is 2. The molecule has 0 saturated heterocycles. The first-order valence-corrected chi connectivity index (χ1v) is 18.9. The van der Waals surface area contributed by atoms with Crippen molar-refractivity contribution in [2.45, 2.75) is 72.1 Å². The predicted molar refractivity (Wildman–Crippen MR) is 210 cm³/mol. The molecule has 1 atom stereocenters.